The molecule has 2 aromatic heterocycles. The van der Waals surface area contributed by atoms with Crippen molar-refractivity contribution in [1.82, 2.24) is 19.3 Å². The molecule has 0 N–H and O–H groups in total. The molecule has 5 nitrogen and oxygen atoms in total. The number of alkyl halides is 3. The van der Waals surface area contributed by atoms with Crippen molar-refractivity contribution < 1.29 is 13.2 Å². The van der Waals surface area contributed by atoms with Crippen LogP contribution in [0.15, 0.2) is 24.3 Å². The molecule has 0 fully saturated rings. The van der Waals surface area contributed by atoms with Crippen molar-refractivity contribution in [3.05, 3.63) is 46.5 Å². The molecule has 2 heterocycles. The first-order chi connectivity index (χ1) is 11.8. The second-order valence-corrected chi connectivity index (χ2v) is 5.57. The first-order valence-corrected chi connectivity index (χ1v) is 7.50. The maximum atomic E-state index is 13.1. The zero-order valence-electron chi connectivity index (χ0n) is 12.9. The zero-order chi connectivity index (χ0) is 18.2. The Morgan fingerprint density at radius 2 is 2.00 bits per heavy atom. The predicted octanol–water partition coefficient (Wildman–Crippen LogP) is 4.14. The van der Waals surface area contributed by atoms with E-state index >= 15 is 0 Å². The molecule has 0 atom stereocenters. The third-order valence-corrected chi connectivity index (χ3v) is 4.04. The van der Waals surface area contributed by atoms with Crippen LogP contribution in [0.1, 0.15) is 17.1 Å². The highest BCUT2D eigenvalue weighted by Gasteiger charge is 2.37. The zero-order valence-corrected chi connectivity index (χ0v) is 13.7. The lowest BCUT2D eigenvalue weighted by molar-refractivity contribution is -0.141. The Bertz CT molecular complexity index is 1010. The summed E-state index contributed by atoms with van der Waals surface area (Å²) in [4.78, 5) is 4.35. The molecule has 0 bridgehead atoms. The lowest BCUT2D eigenvalue weighted by atomic mass is 10.2. The highest BCUT2D eigenvalue weighted by atomic mass is 35.5. The monoisotopic (exact) mass is 365 g/mol. The molecule has 0 saturated heterocycles. The normalized spacial score (nSPS) is 12.2. The van der Waals surface area contributed by atoms with Crippen molar-refractivity contribution >= 4 is 34.8 Å². The van der Waals surface area contributed by atoms with Gasteiger partial charge in [-0.2, -0.15) is 23.5 Å². The van der Waals surface area contributed by atoms with Crippen molar-refractivity contribution in [2.75, 3.05) is 0 Å². The number of para-hydroxylation sites is 2. The molecule has 0 aliphatic rings. The van der Waals surface area contributed by atoms with Gasteiger partial charge in [-0.3, -0.25) is 4.68 Å². The van der Waals surface area contributed by atoms with E-state index in [0.717, 1.165) is 10.2 Å². The van der Waals surface area contributed by atoms with Gasteiger partial charge in [0.05, 0.1) is 17.1 Å². The smallest absolute Gasteiger partial charge is 0.310 e. The van der Waals surface area contributed by atoms with E-state index < -0.39 is 11.9 Å². The van der Waals surface area contributed by atoms with Crippen molar-refractivity contribution in [3.8, 4) is 6.07 Å². The van der Waals surface area contributed by atoms with Gasteiger partial charge in [0.25, 0.3) is 0 Å². The van der Waals surface area contributed by atoms with Gasteiger partial charge in [0.1, 0.15) is 17.5 Å². The number of benzene rings is 1. The number of hydrogen-bond donors (Lipinski definition) is 0. The first-order valence-electron chi connectivity index (χ1n) is 7.13. The average Bonchev–Trinajstić information content (AvgIpc) is 3.05. The quantitative estimate of drug-likeness (QED) is 0.701. The van der Waals surface area contributed by atoms with Gasteiger partial charge in [0.15, 0.2) is 5.69 Å². The van der Waals surface area contributed by atoms with Crippen LogP contribution in [0.3, 0.4) is 0 Å². The Balaban J connectivity index is 2.11. The van der Waals surface area contributed by atoms with Gasteiger partial charge >= 0.3 is 6.18 Å². The van der Waals surface area contributed by atoms with E-state index in [9.17, 15) is 13.2 Å². The van der Waals surface area contributed by atoms with E-state index in [1.807, 2.05) is 6.07 Å². The van der Waals surface area contributed by atoms with E-state index in [-0.39, 0.29) is 17.3 Å². The van der Waals surface area contributed by atoms with Crippen LogP contribution in [-0.4, -0.2) is 19.3 Å². The van der Waals surface area contributed by atoms with Gasteiger partial charge < -0.3 is 4.57 Å². The lowest BCUT2D eigenvalue weighted by Crippen LogP contribution is -2.08. The number of halogens is 4. The predicted molar refractivity (Wildman–Crippen MR) is 87.5 cm³/mol. The van der Waals surface area contributed by atoms with Crippen molar-refractivity contribution in [1.29, 1.82) is 5.26 Å². The van der Waals surface area contributed by atoms with Gasteiger partial charge in [-0.05, 0) is 24.3 Å². The summed E-state index contributed by atoms with van der Waals surface area (Å²) in [6.07, 6.45) is -2.01. The van der Waals surface area contributed by atoms with Gasteiger partial charge in [-0.1, -0.05) is 23.7 Å². The minimum Gasteiger partial charge on any atom is -0.310 e. The molecule has 0 aliphatic carbocycles. The van der Waals surface area contributed by atoms with E-state index in [1.165, 1.54) is 19.2 Å². The Morgan fingerprint density at radius 3 is 2.68 bits per heavy atom. The molecule has 128 valence electrons. The van der Waals surface area contributed by atoms with Gasteiger partial charge in [-0.15, -0.1) is 0 Å². The van der Waals surface area contributed by atoms with Crippen molar-refractivity contribution in [3.63, 3.8) is 0 Å². The summed E-state index contributed by atoms with van der Waals surface area (Å²) in [6.45, 7) is 0.0209. The Hall–Kier alpha value is -2.79. The number of rotatable bonds is 3. The SMILES string of the molecule is Cn1nc(C(F)(F)F)c(/C=C/c2nc3ccccc3n2CC#N)c1Cl. The number of aryl methyl sites for hydroxylation is 1. The Morgan fingerprint density at radius 1 is 1.28 bits per heavy atom. The number of hydrogen-bond acceptors (Lipinski definition) is 3. The molecule has 3 rings (SSSR count). The molecule has 9 heteroatoms. The number of nitriles is 1. The largest absolute Gasteiger partial charge is 0.435 e. The summed E-state index contributed by atoms with van der Waals surface area (Å²) >= 11 is 5.94. The summed E-state index contributed by atoms with van der Waals surface area (Å²) in [5.74, 6) is 0.357. The third kappa shape index (κ3) is 3.10. The Kier molecular flexibility index (Phi) is 4.27. The minimum atomic E-state index is -4.63. The van der Waals surface area contributed by atoms with Gasteiger partial charge in [0.2, 0.25) is 0 Å². The number of imidazole rings is 1. The highest BCUT2D eigenvalue weighted by molar-refractivity contribution is 6.31. The molecule has 0 aliphatic heterocycles. The second kappa shape index (κ2) is 6.26. The molecule has 1 aromatic carbocycles. The second-order valence-electron chi connectivity index (χ2n) is 5.21. The number of aromatic nitrogens is 4. The fraction of sp³-hybridized carbons (Fsp3) is 0.188. The van der Waals surface area contributed by atoms with E-state index in [1.54, 1.807) is 28.8 Å². The Labute approximate surface area is 145 Å². The summed E-state index contributed by atoms with van der Waals surface area (Å²) < 4.78 is 41.9. The molecule has 0 radical (unpaired) electrons. The van der Waals surface area contributed by atoms with Crippen molar-refractivity contribution in [2.45, 2.75) is 12.7 Å². The van der Waals surface area contributed by atoms with Crippen LogP contribution in [0.2, 0.25) is 5.15 Å². The summed E-state index contributed by atoms with van der Waals surface area (Å²) in [5.41, 5.74) is 0.0502. The summed E-state index contributed by atoms with van der Waals surface area (Å²) in [7, 11) is 1.33. The van der Waals surface area contributed by atoms with Crippen LogP contribution in [0, 0.1) is 11.3 Å². The molecule has 0 saturated carbocycles. The van der Waals surface area contributed by atoms with E-state index in [4.69, 9.17) is 16.9 Å². The average molecular weight is 366 g/mol. The van der Waals surface area contributed by atoms with Crippen LogP contribution in [0.25, 0.3) is 23.2 Å². The third-order valence-electron chi connectivity index (χ3n) is 3.59. The maximum absolute atomic E-state index is 13.1. The highest BCUT2D eigenvalue weighted by Crippen LogP contribution is 2.35. The first kappa shape index (κ1) is 17.0. The number of fused-ring (bicyclic) bond motifs is 1. The van der Waals surface area contributed by atoms with Crippen LogP contribution < -0.4 is 0 Å². The van der Waals surface area contributed by atoms with Crippen LogP contribution >= 0.6 is 11.6 Å². The molecule has 0 spiro atoms. The molecule has 25 heavy (non-hydrogen) atoms. The van der Waals surface area contributed by atoms with Crippen molar-refractivity contribution in [2.24, 2.45) is 7.05 Å². The maximum Gasteiger partial charge on any atom is 0.435 e. The summed E-state index contributed by atoms with van der Waals surface area (Å²) in [5, 5.41) is 12.3. The molecule has 3 aromatic rings. The lowest BCUT2D eigenvalue weighted by Gasteiger charge is -2.03. The van der Waals surface area contributed by atoms with Gasteiger partial charge in [0, 0.05) is 12.6 Å². The standard InChI is InChI=1S/C16H11ClF3N5/c1-24-15(17)10(14(23-24)16(18,19)20)6-7-13-22-11-4-2-3-5-12(11)25(13)9-8-21/h2-7H,9H2,1H3/b7-6+. The topological polar surface area (TPSA) is 59.4 Å². The molecular weight excluding hydrogens is 355 g/mol. The van der Waals surface area contributed by atoms with Crippen LogP contribution in [-0.2, 0) is 19.8 Å². The minimum absolute atomic E-state index is 0.0209. The number of nitrogens with zero attached hydrogens (tertiary/aromatic N) is 5. The summed E-state index contributed by atoms with van der Waals surface area (Å²) in [6, 6.07) is 9.16. The molecular formula is C16H11ClF3N5. The van der Waals surface area contributed by atoms with E-state index in [2.05, 4.69) is 10.1 Å². The van der Waals surface area contributed by atoms with E-state index in [0.29, 0.717) is 11.3 Å². The molecule has 0 unspecified atom stereocenters. The fourth-order valence-corrected chi connectivity index (χ4v) is 2.68. The van der Waals surface area contributed by atoms with Crippen LogP contribution in [0.4, 0.5) is 13.2 Å². The fourth-order valence-electron chi connectivity index (χ4n) is 2.49. The van der Waals surface area contributed by atoms with Crippen LogP contribution in [0.5, 0.6) is 0 Å². The van der Waals surface area contributed by atoms with Gasteiger partial charge in [-0.25, -0.2) is 4.98 Å². The molecule has 0 amide bonds.